The molecule has 1 fully saturated rings. The van der Waals surface area contributed by atoms with Gasteiger partial charge in [0.2, 0.25) is 5.91 Å². The second kappa shape index (κ2) is 8.43. The molecule has 2 aliphatic rings. The molecule has 6 heteroatoms. The van der Waals surface area contributed by atoms with Gasteiger partial charge in [-0.05, 0) is 67.9 Å². The standard InChI is InChI=1S/C22H25FN2O2S/c23-18-7-4-15(5-8-18)14-24-21(26)16-6-9-19-17(12-16)13-20(28-19)22(27)25-10-2-1-3-11-25/h4-5,7-8,13,16H,1-3,6,9-12,14H2,(H,24,26)/t16-/m1/s1. The van der Waals surface area contributed by atoms with Crippen molar-refractivity contribution in [1.82, 2.24) is 10.2 Å². The minimum Gasteiger partial charge on any atom is -0.352 e. The first-order valence-corrected chi connectivity index (χ1v) is 10.8. The van der Waals surface area contributed by atoms with Crippen LogP contribution in [-0.4, -0.2) is 29.8 Å². The summed E-state index contributed by atoms with van der Waals surface area (Å²) in [6, 6.07) is 8.19. The zero-order chi connectivity index (χ0) is 19.5. The highest BCUT2D eigenvalue weighted by atomic mass is 32.1. The molecule has 1 aliphatic heterocycles. The van der Waals surface area contributed by atoms with E-state index in [9.17, 15) is 14.0 Å². The van der Waals surface area contributed by atoms with E-state index in [1.54, 1.807) is 23.5 Å². The Morgan fingerprint density at radius 3 is 2.64 bits per heavy atom. The van der Waals surface area contributed by atoms with Crippen LogP contribution in [-0.2, 0) is 24.2 Å². The van der Waals surface area contributed by atoms with Crippen LogP contribution in [0, 0.1) is 11.7 Å². The number of halogens is 1. The molecular weight excluding hydrogens is 375 g/mol. The van der Waals surface area contributed by atoms with Crippen LogP contribution in [0.5, 0.6) is 0 Å². The third-order valence-corrected chi connectivity index (χ3v) is 6.91. The Balaban J connectivity index is 1.36. The Morgan fingerprint density at radius 1 is 1.14 bits per heavy atom. The molecule has 1 aliphatic carbocycles. The number of rotatable bonds is 4. The van der Waals surface area contributed by atoms with Crippen molar-refractivity contribution in [2.75, 3.05) is 13.1 Å². The van der Waals surface area contributed by atoms with Gasteiger partial charge in [0.25, 0.3) is 5.91 Å². The predicted molar refractivity (Wildman–Crippen MR) is 108 cm³/mol. The number of aryl methyl sites for hydroxylation is 1. The number of piperidine rings is 1. The molecule has 1 aromatic carbocycles. The van der Waals surface area contributed by atoms with Crippen LogP contribution in [0.1, 0.15) is 51.4 Å². The number of hydrogen-bond acceptors (Lipinski definition) is 3. The number of carbonyl (C=O) groups excluding carboxylic acids is 2. The highest BCUT2D eigenvalue weighted by Gasteiger charge is 2.28. The smallest absolute Gasteiger partial charge is 0.263 e. The molecule has 4 rings (SSSR count). The van der Waals surface area contributed by atoms with Crippen molar-refractivity contribution in [2.24, 2.45) is 5.92 Å². The summed E-state index contributed by atoms with van der Waals surface area (Å²) in [7, 11) is 0. The normalized spacial score (nSPS) is 19.2. The first kappa shape index (κ1) is 19.1. The summed E-state index contributed by atoms with van der Waals surface area (Å²) in [5, 5.41) is 2.97. The summed E-state index contributed by atoms with van der Waals surface area (Å²) in [6.45, 7) is 2.12. The molecule has 0 spiro atoms. The van der Waals surface area contributed by atoms with E-state index in [1.807, 2.05) is 11.0 Å². The molecule has 2 aromatic rings. The highest BCUT2D eigenvalue weighted by molar-refractivity contribution is 7.14. The van der Waals surface area contributed by atoms with Gasteiger partial charge in [0.1, 0.15) is 5.82 Å². The molecular formula is C22H25FN2O2S. The number of nitrogens with one attached hydrogen (secondary N) is 1. The maximum absolute atomic E-state index is 13.0. The summed E-state index contributed by atoms with van der Waals surface area (Å²) < 4.78 is 13.0. The van der Waals surface area contributed by atoms with E-state index in [2.05, 4.69) is 5.32 Å². The molecule has 2 amide bonds. The Kier molecular flexibility index (Phi) is 5.76. The first-order valence-electron chi connectivity index (χ1n) is 10.0. The van der Waals surface area contributed by atoms with E-state index in [1.165, 1.54) is 23.4 Å². The average molecular weight is 401 g/mol. The SMILES string of the molecule is O=C(NCc1ccc(F)cc1)[C@@H]1CCc2sc(C(=O)N3CCCCC3)cc2C1. The predicted octanol–water partition coefficient (Wildman–Crippen LogP) is 3.93. The Morgan fingerprint density at radius 2 is 1.89 bits per heavy atom. The molecule has 4 nitrogen and oxygen atoms in total. The molecule has 0 bridgehead atoms. The van der Waals surface area contributed by atoms with Crippen molar-refractivity contribution in [1.29, 1.82) is 0 Å². The van der Waals surface area contributed by atoms with Gasteiger partial charge in [-0.25, -0.2) is 4.39 Å². The lowest BCUT2D eigenvalue weighted by Crippen LogP contribution is -2.35. The van der Waals surface area contributed by atoms with Crippen molar-refractivity contribution >= 4 is 23.2 Å². The molecule has 2 heterocycles. The van der Waals surface area contributed by atoms with Gasteiger partial charge >= 0.3 is 0 Å². The van der Waals surface area contributed by atoms with Gasteiger partial charge in [0.15, 0.2) is 0 Å². The topological polar surface area (TPSA) is 49.4 Å². The number of carbonyl (C=O) groups is 2. The molecule has 28 heavy (non-hydrogen) atoms. The van der Waals surface area contributed by atoms with E-state index in [-0.39, 0.29) is 23.5 Å². The molecule has 0 radical (unpaired) electrons. The number of hydrogen-bond donors (Lipinski definition) is 1. The van der Waals surface area contributed by atoms with Gasteiger partial charge in [0.05, 0.1) is 4.88 Å². The number of thiophene rings is 1. The Labute approximate surface area is 168 Å². The molecule has 1 aromatic heterocycles. The summed E-state index contributed by atoms with van der Waals surface area (Å²) in [5.74, 6) is -0.163. The van der Waals surface area contributed by atoms with Crippen molar-refractivity contribution in [3.05, 3.63) is 57.0 Å². The largest absolute Gasteiger partial charge is 0.352 e. The molecule has 1 atom stereocenters. The van der Waals surface area contributed by atoms with Gasteiger partial charge in [0, 0.05) is 30.4 Å². The van der Waals surface area contributed by atoms with E-state index in [4.69, 9.17) is 0 Å². The van der Waals surface area contributed by atoms with Gasteiger partial charge in [-0.1, -0.05) is 12.1 Å². The second-order valence-corrected chi connectivity index (χ2v) is 8.83. The molecule has 148 valence electrons. The Hall–Kier alpha value is -2.21. The molecule has 0 saturated carbocycles. The molecule has 1 N–H and O–H groups in total. The summed E-state index contributed by atoms with van der Waals surface area (Å²) >= 11 is 1.60. The fourth-order valence-electron chi connectivity index (χ4n) is 4.04. The molecule has 1 saturated heterocycles. The van der Waals surface area contributed by atoms with Crippen molar-refractivity contribution in [3.63, 3.8) is 0 Å². The quantitative estimate of drug-likeness (QED) is 0.845. The minimum atomic E-state index is -0.276. The number of likely N-dealkylation sites (tertiary alicyclic amines) is 1. The number of fused-ring (bicyclic) bond motifs is 1. The zero-order valence-electron chi connectivity index (χ0n) is 15.9. The maximum atomic E-state index is 13.0. The highest BCUT2D eigenvalue weighted by Crippen LogP contribution is 2.33. The lowest BCUT2D eigenvalue weighted by atomic mass is 9.87. The van der Waals surface area contributed by atoms with Crippen LogP contribution in [0.25, 0.3) is 0 Å². The van der Waals surface area contributed by atoms with Gasteiger partial charge < -0.3 is 10.2 Å². The van der Waals surface area contributed by atoms with E-state index < -0.39 is 0 Å². The van der Waals surface area contributed by atoms with E-state index >= 15 is 0 Å². The summed E-state index contributed by atoms with van der Waals surface area (Å²) in [4.78, 5) is 29.4. The van der Waals surface area contributed by atoms with Gasteiger partial charge in [-0.2, -0.15) is 0 Å². The third-order valence-electron chi connectivity index (χ3n) is 5.69. The van der Waals surface area contributed by atoms with Crippen molar-refractivity contribution < 1.29 is 14.0 Å². The van der Waals surface area contributed by atoms with Gasteiger partial charge in [-0.15, -0.1) is 11.3 Å². The van der Waals surface area contributed by atoms with E-state index in [0.717, 1.165) is 54.8 Å². The van der Waals surface area contributed by atoms with Crippen LogP contribution < -0.4 is 5.32 Å². The number of amides is 2. The lowest BCUT2D eigenvalue weighted by molar-refractivity contribution is -0.125. The van der Waals surface area contributed by atoms with Crippen LogP contribution in [0.15, 0.2) is 30.3 Å². The summed E-state index contributed by atoms with van der Waals surface area (Å²) in [5.41, 5.74) is 2.04. The first-order chi connectivity index (χ1) is 13.6. The van der Waals surface area contributed by atoms with Gasteiger partial charge in [-0.3, -0.25) is 9.59 Å². The average Bonchev–Trinajstić information content (AvgIpc) is 3.16. The van der Waals surface area contributed by atoms with Crippen molar-refractivity contribution in [3.8, 4) is 0 Å². The monoisotopic (exact) mass is 400 g/mol. The number of nitrogens with zero attached hydrogens (tertiary/aromatic N) is 1. The van der Waals surface area contributed by atoms with Crippen LogP contribution in [0.2, 0.25) is 0 Å². The Bertz CT molecular complexity index is 856. The van der Waals surface area contributed by atoms with Crippen LogP contribution >= 0.6 is 11.3 Å². The fraction of sp³-hybridized carbons (Fsp3) is 0.455. The van der Waals surface area contributed by atoms with Crippen LogP contribution in [0.4, 0.5) is 4.39 Å². The lowest BCUT2D eigenvalue weighted by Gasteiger charge is -2.26. The third kappa shape index (κ3) is 4.27. The van der Waals surface area contributed by atoms with Crippen LogP contribution in [0.3, 0.4) is 0 Å². The molecule has 0 unspecified atom stereocenters. The summed E-state index contributed by atoms with van der Waals surface area (Å²) in [6.07, 6.45) is 5.73. The minimum absolute atomic E-state index is 0.0325. The fourth-order valence-corrected chi connectivity index (χ4v) is 5.22. The van der Waals surface area contributed by atoms with Crippen molar-refractivity contribution in [2.45, 2.75) is 45.1 Å². The maximum Gasteiger partial charge on any atom is 0.263 e. The second-order valence-electron chi connectivity index (χ2n) is 7.70. The van der Waals surface area contributed by atoms with E-state index in [0.29, 0.717) is 13.0 Å². The zero-order valence-corrected chi connectivity index (χ0v) is 16.7. The number of benzene rings is 1.